The Morgan fingerprint density at radius 1 is 1.33 bits per heavy atom. The van der Waals surface area contributed by atoms with E-state index < -0.39 is 0 Å². The monoisotopic (exact) mass is 413 g/mol. The maximum absolute atomic E-state index is 11.7. The molecule has 0 aromatic heterocycles. The molecule has 27 heavy (non-hydrogen) atoms. The van der Waals surface area contributed by atoms with E-state index in [-0.39, 0.29) is 18.3 Å². The standard InChI is InChI=1S/C11H16S.C9H17NOS.CH2O2/c1-9(2)11-6-4-10(5-7-11)8-12-3;1-7(6-12)9(11)10-5-3-4-8(10)2;2-1-3/h4-7,9H,8H2,1-3H3;7-8,12H,3-6H2,1-2H3;1H,(H,2,3). The van der Waals surface area contributed by atoms with Crippen molar-refractivity contribution >= 4 is 36.8 Å². The molecule has 1 saturated heterocycles. The maximum Gasteiger partial charge on any atom is 0.290 e. The minimum absolute atomic E-state index is 0.0777. The zero-order chi connectivity index (χ0) is 20.8. The Labute approximate surface area is 174 Å². The quantitative estimate of drug-likeness (QED) is 0.530. The van der Waals surface area contributed by atoms with Gasteiger partial charge in [-0.2, -0.15) is 24.4 Å². The van der Waals surface area contributed by atoms with Gasteiger partial charge in [0.1, 0.15) is 0 Å². The van der Waals surface area contributed by atoms with Gasteiger partial charge in [0, 0.05) is 30.0 Å². The lowest BCUT2D eigenvalue weighted by atomic mass is 10.0. The summed E-state index contributed by atoms with van der Waals surface area (Å²) in [5.41, 5.74) is 2.85. The molecule has 0 bridgehead atoms. The second-order valence-corrected chi connectivity index (χ2v) is 8.27. The molecule has 1 fully saturated rings. The molecule has 2 rings (SSSR count). The zero-order valence-electron chi connectivity index (χ0n) is 17.2. The molecule has 1 heterocycles. The molecule has 2 atom stereocenters. The van der Waals surface area contributed by atoms with Crippen molar-refractivity contribution in [1.82, 2.24) is 4.90 Å². The number of thiol groups is 1. The number of carbonyl (C=O) groups is 2. The molecule has 1 N–H and O–H groups in total. The lowest BCUT2D eigenvalue weighted by Gasteiger charge is -2.24. The van der Waals surface area contributed by atoms with Crippen molar-refractivity contribution in [3.63, 3.8) is 0 Å². The highest BCUT2D eigenvalue weighted by atomic mass is 32.2. The number of amides is 1. The van der Waals surface area contributed by atoms with Crippen LogP contribution in [-0.2, 0) is 15.3 Å². The van der Waals surface area contributed by atoms with Gasteiger partial charge in [-0.15, -0.1) is 0 Å². The van der Waals surface area contributed by atoms with Gasteiger partial charge in [0.15, 0.2) is 0 Å². The Morgan fingerprint density at radius 3 is 2.26 bits per heavy atom. The summed E-state index contributed by atoms with van der Waals surface area (Å²) < 4.78 is 0. The normalized spacial score (nSPS) is 16.7. The van der Waals surface area contributed by atoms with Crippen LogP contribution in [0.2, 0.25) is 0 Å². The van der Waals surface area contributed by atoms with E-state index in [2.05, 4.69) is 63.9 Å². The molecule has 0 aliphatic carbocycles. The fourth-order valence-corrected chi connectivity index (χ4v) is 3.47. The Balaban J connectivity index is 0.000000438. The highest BCUT2D eigenvalue weighted by Crippen LogP contribution is 2.19. The average Bonchev–Trinajstić information content (AvgIpc) is 3.08. The third-order valence-corrected chi connectivity index (χ3v) is 5.66. The number of benzene rings is 1. The Bertz CT molecular complexity index is 535. The van der Waals surface area contributed by atoms with Crippen LogP contribution in [0.4, 0.5) is 0 Å². The molecule has 0 saturated carbocycles. The maximum atomic E-state index is 11.7. The third-order valence-electron chi connectivity index (χ3n) is 4.49. The van der Waals surface area contributed by atoms with E-state index in [0.29, 0.717) is 17.7 Å². The summed E-state index contributed by atoms with van der Waals surface area (Å²) in [6.45, 7) is 9.21. The van der Waals surface area contributed by atoms with Gasteiger partial charge >= 0.3 is 0 Å². The second-order valence-electron chi connectivity index (χ2n) is 7.04. The first-order valence-corrected chi connectivity index (χ1v) is 11.4. The summed E-state index contributed by atoms with van der Waals surface area (Å²) >= 11 is 6.00. The molecule has 4 nitrogen and oxygen atoms in total. The summed E-state index contributed by atoms with van der Waals surface area (Å²) in [4.78, 5) is 22.0. The van der Waals surface area contributed by atoms with Crippen molar-refractivity contribution in [2.24, 2.45) is 5.92 Å². The van der Waals surface area contributed by atoms with Gasteiger partial charge in [-0.05, 0) is 43.1 Å². The second kappa shape index (κ2) is 14.9. The summed E-state index contributed by atoms with van der Waals surface area (Å²) in [6, 6.07) is 9.37. The van der Waals surface area contributed by atoms with Crippen LogP contribution in [0.15, 0.2) is 24.3 Å². The van der Waals surface area contributed by atoms with Gasteiger partial charge in [0.25, 0.3) is 6.47 Å². The first-order valence-electron chi connectivity index (χ1n) is 9.39. The average molecular weight is 414 g/mol. The van der Waals surface area contributed by atoms with E-state index in [1.54, 1.807) is 0 Å². The lowest BCUT2D eigenvalue weighted by Crippen LogP contribution is -2.37. The van der Waals surface area contributed by atoms with Gasteiger partial charge in [-0.3, -0.25) is 9.59 Å². The molecular formula is C21H35NO3S2. The SMILES string of the molecule is CC(CS)C(=O)N1CCCC1C.CSCc1ccc(C(C)C)cc1.O=CO. The molecule has 1 aromatic carbocycles. The molecule has 1 aromatic rings. The number of hydrogen-bond donors (Lipinski definition) is 2. The highest BCUT2D eigenvalue weighted by Gasteiger charge is 2.27. The van der Waals surface area contributed by atoms with E-state index in [4.69, 9.17) is 9.90 Å². The van der Waals surface area contributed by atoms with Crippen LogP contribution >= 0.6 is 24.4 Å². The van der Waals surface area contributed by atoms with Crippen molar-refractivity contribution in [3.8, 4) is 0 Å². The number of carboxylic acid groups (broad SMARTS) is 1. The number of nitrogens with zero attached hydrogens (tertiary/aromatic N) is 1. The van der Waals surface area contributed by atoms with Crippen LogP contribution in [0.25, 0.3) is 0 Å². The smallest absolute Gasteiger partial charge is 0.290 e. The third kappa shape index (κ3) is 10.1. The summed E-state index contributed by atoms with van der Waals surface area (Å²) in [7, 11) is 0. The minimum atomic E-state index is -0.250. The molecule has 1 aliphatic heterocycles. The van der Waals surface area contributed by atoms with Crippen molar-refractivity contribution in [1.29, 1.82) is 0 Å². The summed E-state index contributed by atoms with van der Waals surface area (Å²) in [5.74, 6) is 2.78. The molecular weight excluding hydrogens is 378 g/mol. The molecule has 0 spiro atoms. The predicted molar refractivity (Wildman–Crippen MR) is 120 cm³/mol. The summed E-state index contributed by atoms with van der Waals surface area (Å²) in [6.07, 6.45) is 4.45. The molecule has 154 valence electrons. The van der Waals surface area contributed by atoms with Crippen molar-refractivity contribution in [2.45, 2.75) is 58.2 Å². The largest absolute Gasteiger partial charge is 0.483 e. The molecule has 2 unspecified atom stereocenters. The predicted octanol–water partition coefficient (Wildman–Crippen LogP) is 4.94. The number of carbonyl (C=O) groups excluding carboxylic acids is 1. The van der Waals surface area contributed by atoms with E-state index in [1.165, 1.54) is 11.1 Å². The van der Waals surface area contributed by atoms with Crippen molar-refractivity contribution < 1.29 is 14.7 Å². The first-order chi connectivity index (χ1) is 12.8. The van der Waals surface area contributed by atoms with Gasteiger partial charge in [0.05, 0.1) is 0 Å². The fourth-order valence-electron chi connectivity index (χ4n) is 2.79. The molecule has 1 aliphatic rings. The van der Waals surface area contributed by atoms with Crippen molar-refractivity contribution in [3.05, 3.63) is 35.4 Å². The van der Waals surface area contributed by atoms with E-state index in [9.17, 15) is 4.79 Å². The van der Waals surface area contributed by atoms with Crippen LogP contribution in [0, 0.1) is 5.92 Å². The molecule has 1 amide bonds. The topological polar surface area (TPSA) is 57.6 Å². The Kier molecular flexibility index (Phi) is 14.2. The van der Waals surface area contributed by atoms with Crippen LogP contribution < -0.4 is 0 Å². The van der Waals surface area contributed by atoms with Gasteiger partial charge in [-0.25, -0.2) is 0 Å². The lowest BCUT2D eigenvalue weighted by molar-refractivity contribution is -0.134. The zero-order valence-corrected chi connectivity index (χ0v) is 18.9. The summed E-state index contributed by atoms with van der Waals surface area (Å²) in [5, 5.41) is 6.89. The number of rotatable bonds is 5. The fraction of sp³-hybridized carbons (Fsp3) is 0.619. The van der Waals surface area contributed by atoms with E-state index >= 15 is 0 Å². The van der Waals surface area contributed by atoms with Gasteiger partial charge in [0.2, 0.25) is 5.91 Å². The number of thioether (sulfide) groups is 1. The van der Waals surface area contributed by atoms with Gasteiger partial charge < -0.3 is 10.0 Å². The molecule has 0 radical (unpaired) electrons. The van der Waals surface area contributed by atoms with E-state index in [1.807, 2.05) is 23.6 Å². The van der Waals surface area contributed by atoms with Crippen molar-refractivity contribution in [2.75, 3.05) is 18.6 Å². The van der Waals surface area contributed by atoms with Crippen LogP contribution in [0.5, 0.6) is 0 Å². The van der Waals surface area contributed by atoms with Crippen LogP contribution in [0.1, 0.15) is 57.6 Å². The van der Waals surface area contributed by atoms with E-state index in [0.717, 1.165) is 25.1 Å². The van der Waals surface area contributed by atoms with Crippen LogP contribution in [-0.4, -0.2) is 47.0 Å². The number of likely N-dealkylation sites (tertiary alicyclic amines) is 1. The Hall–Kier alpha value is -1.14. The Morgan fingerprint density at radius 2 is 1.89 bits per heavy atom. The molecule has 6 heteroatoms. The van der Waals surface area contributed by atoms with Crippen LogP contribution in [0.3, 0.4) is 0 Å². The highest BCUT2D eigenvalue weighted by molar-refractivity contribution is 7.97. The first kappa shape index (κ1) is 25.9. The minimum Gasteiger partial charge on any atom is -0.483 e. The van der Waals surface area contributed by atoms with Gasteiger partial charge in [-0.1, -0.05) is 45.0 Å². The number of hydrogen-bond acceptors (Lipinski definition) is 4.